The maximum Gasteiger partial charge on any atom is 0.308 e. The van der Waals surface area contributed by atoms with Crippen molar-refractivity contribution in [2.45, 2.75) is 40.0 Å². The van der Waals surface area contributed by atoms with Gasteiger partial charge >= 0.3 is 5.97 Å². The van der Waals surface area contributed by atoms with Crippen LogP contribution in [0.5, 0.6) is 0 Å². The topological polar surface area (TPSA) is 26.3 Å². The third-order valence-corrected chi connectivity index (χ3v) is 2.59. The Balaban J connectivity index is 2.21. The van der Waals surface area contributed by atoms with Gasteiger partial charge in [-0.25, -0.2) is 0 Å². The van der Waals surface area contributed by atoms with E-state index in [0.29, 0.717) is 12.0 Å². The van der Waals surface area contributed by atoms with Gasteiger partial charge in [0.25, 0.3) is 0 Å². The predicted molar refractivity (Wildman–Crippen MR) is 47.8 cm³/mol. The van der Waals surface area contributed by atoms with Crippen LogP contribution in [0.1, 0.15) is 40.0 Å². The molecule has 0 saturated heterocycles. The van der Waals surface area contributed by atoms with Crippen LogP contribution in [0.4, 0.5) is 0 Å². The van der Waals surface area contributed by atoms with Gasteiger partial charge in [-0.05, 0) is 12.8 Å². The average Bonchev–Trinajstić information content (AvgIpc) is 1.96. The molecule has 1 saturated carbocycles. The molecule has 0 bridgehead atoms. The molecule has 0 aromatic carbocycles. The van der Waals surface area contributed by atoms with E-state index in [1.807, 2.05) is 13.8 Å². The number of rotatable bonds is 3. The van der Waals surface area contributed by atoms with Crippen molar-refractivity contribution in [2.75, 3.05) is 6.61 Å². The highest BCUT2D eigenvalue weighted by molar-refractivity contribution is 5.71. The fourth-order valence-corrected chi connectivity index (χ4v) is 1.34. The Hall–Kier alpha value is -0.530. The van der Waals surface area contributed by atoms with Gasteiger partial charge in [-0.2, -0.15) is 0 Å². The van der Waals surface area contributed by atoms with E-state index < -0.39 is 0 Å². The lowest BCUT2D eigenvalue weighted by atomic mass is 9.71. The van der Waals surface area contributed by atoms with Crippen molar-refractivity contribution in [3.8, 4) is 0 Å². The smallest absolute Gasteiger partial charge is 0.308 e. The summed E-state index contributed by atoms with van der Waals surface area (Å²) in [5, 5.41) is 0. The molecule has 70 valence electrons. The van der Waals surface area contributed by atoms with Crippen LogP contribution in [0.25, 0.3) is 0 Å². The van der Waals surface area contributed by atoms with Crippen LogP contribution < -0.4 is 0 Å². The summed E-state index contributed by atoms with van der Waals surface area (Å²) in [6.07, 6.45) is 3.70. The number of hydrogen-bond acceptors (Lipinski definition) is 2. The van der Waals surface area contributed by atoms with E-state index in [2.05, 4.69) is 6.92 Å². The van der Waals surface area contributed by atoms with Crippen molar-refractivity contribution in [3.05, 3.63) is 0 Å². The summed E-state index contributed by atoms with van der Waals surface area (Å²) in [5.74, 6) is -0.0585. The summed E-state index contributed by atoms with van der Waals surface area (Å²) in [4.78, 5) is 11.1. The third-order valence-electron chi connectivity index (χ3n) is 2.59. The van der Waals surface area contributed by atoms with Gasteiger partial charge in [0.05, 0.1) is 12.5 Å². The molecule has 12 heavy (non-hydrogen) atoms. The van der Waals surface area contributed by atoms with Crippen LogP contribution in [0.2, 0.25) is 0 Å². The van der Waals surface area contributed by atoms with E-state index in [0.717, 1.165) is 0 Å². The zero-order valence-corrected chi connectivity index (χ0v) is 8.22. The first-order valence-corrected chi connectivity index (χ1v) is 4.70. The third kappa shape index (κ3) is 2.23. The van der Waals surface area contributed by atoms with Crippen molar-refractivity contribution < 1.29 is 9.53 Å². The fourth-order valence-electron chi connectivity index (χ4n) is 1.34. The van der Waals surface area contributed by atoms with Crippen molar-refractivity contribution in [1.82, 2.24) is 0 Å². The summed E-state index contributed by atoms with van der Waals surface area (Å²) in [6, 6.07) is 0. The second-order valence-electron chi connectivity index (χ2n) is 4.43. The number of esters is 1. The lowest BCUT2D eigenvalue weighted by Crippen LogP contribution is -2.32. The Labute approximate surface area is 74.3 Å². The zero-order valence-electron chi connectivity index (χ0n) is 8.22. The molecule has 1 aliphatic rings. The normalized spacial score (nSPS) is 20.3. The summed E-state index contributed by atoms with van der Waals surface area (Å²) < 4.78 is 5.17. The molecule has 0 aromatic heterocycles. The molecule has 0 spiro atoms. The molecule has 0 amide bonds. The Morgan fingerprint density at radius 3 is 2.42 bits per heavy atom. The second kappa shape index (κ2) is 3.46. The molecule has 0 radical (unpaired) electrons. The molecule has 0 aliphatic heterocycles. The molecule has 1 rings (SSSR count). The van der Waals surface area contributed by atoms with Gasteiger partial charge in [0, 0.05) is 5.41 Å². The van der Waals surface area contributed by atoms with Crippen molar-refractivity contribution in [3.63, 3.8) is 0 Å². The predicted octanol–water partition coefficient (Wildman–Crippen LogP) is 2.38. The van der Waals surface area contributed by atoms with Gasteiger partial charge in [-0.1, -0.05) is 27.2 Å². The minimum atomic E-state index is -0.0666. The first-order valence-electron chi connectivity index (χ1n) is 4.70. The second-order valence-corrected chi connectivity index (χ2v) is 4.43. The summed E-state index contributed by atoms with van der Waals surface area (Å²) in [6.45, 7) is 6.53. The highest BCUT2D eigenvalue weighted by Crippen LogP contribution is 2.40. The van der Waals surface area contributed by atoms with E-state index in [4.69, 9.17) is 4.74 Å². The van der Waals surface area contributed by atoms with E-state index in [1.165, 1.54) is 19.3 Å². The molecule has 0 N–H and O–H groups in total. The maximum absolute atomic E-state index is 11.1. The van der Waals surface area contributed by atoms with Gasteiger partial charge in [-0.15, -0.1) is 0 Å². The molecule has 2 heteroatoms. The first-order chi connectivity index (χ1) is 5.53. The Morgan fingerprint density at radius 2 is 2.08 bits per heavy atom. The van der Waals surface area contributed by atoms with Gasteiger partial charge < -0.3 is 4.74 Å². The number of carbonyl (C=O) groups excluding carboxylic acids is 1. The SMILES string of the molecule is CC(C)C(=O)OCC1(C)CCC1. The number of carbonyl (C=O) groups is 1. The van der Waals surface area contributed by atoms with Crippen LogP contribution in [-0.2, 0) is 9.53 Å². The molecular weight excluding hydrogens is 152 g/mol. The molecule has 1 fully saturated rings. The Kier molecular flexibility index (Phi) is 2.76. The average molecular weight is 170 g/mol. The molecule has 0 unspecified atom stereocenters. The van der Waals surface area contributed by atoms with Crippen LogP contribution >= 0.6 is 0 Å². The molecule has 1 aliphatic carbocycles. The number of ether oxygens (including phenoxy) is 1. The largest absolute Gasteiger partial charge is 0.465 e. The van der Waals surface area contributed by atoms with Gasteiger partial charge in [0.2, 0.25) is 0 Å². The van der Waals surface area contributed by atoms with Gasteiger partial charge in [0.15, 0.2) is 0 Å². The lowest BCUT2D eigenvalue weighted by Gasteiger charge is -2.37. The van der Waals surface area contributed by atoms with Crippen molar-refractivity contribution in [2.24, 2.45) is 11.3 Å². The monoisotopic (exact) mass is 170 g/mol. The van der Waals surface area contributed by atoms with E-state index in [1.54, 1.807) is 0 Å². The molecule has 0 aromatic rings. The number of hydrogen-bond donors (Lipinski definition) is 0. The van der Waals surface area contributed by atoms with E-state index >= 15 is 0 Å². The first kappa shape index (κ1) is 9.56. The lowest BCUT2D eigenvalue weighted by molar-refractivity contribution is -0.152. The van der Waals surface area contributed by atoms with Gasteiger partial charge in [0.1, 0.15) is 0 Å². The van der Waals surface area contributed by atoms with Gasteiger partial charge in [-0.3, -0.25) is 4.79 Å². The molecule has 0 atom stereocenters. The van der Waals surface area contributed by atoms with Crippen LogP contribution in [0.15, 0.2) is 0 Å². The van der Waals surface area contributed by atoms with Crippen LogP contribution in [-0.4, -0.2) is 12.6 Å². The highest BCUT2D eigenvalue weighted by Gasteiger charge is 2.33. The van der Waals surface area contributed by atoms with Crippen molar-refractivity contribution in [1.29, 1.82) is 0 Å². The van der Waals surface area contributed by atoms with Crippen molar-refractivity contribution >= 4 is 5.97 Å². The summed E-state index contributed by atoms with van der Waals surface area (Å²) in [7, 11) is 0. The van der Waals surface area contributed by atoms with E-state index in [9.17, 15) is 4.79 Å². The van der Waals surface area contributed by atoms with Crippen LogP contribution in [0, 0.1) is 11.3 Å². The molecule has 2 nitrogen and oxygen atoms in total. The quantitative estimate of drug-likeness (QED) is 0.608. The molecular formula is C10H18O2. The summed E-state index contributed by atoms with van der Waals surface area (Å²) in [5.41, 5.74) is 0.296. The van der Waals surface area contributed by atoms with E-state index in [-0.39, 0.29) is 11.9 Å². The highest BCUT2D eigenvalue weighted by atomic mass is 16.5. The Bertz CT molecular complexity index is 169. The summed E-state index contributed by atoms with van der Waals surface area (Å²) >= 11 is 0. The maximum atomic E-state index is 11.1. The van der Waals surface area contributed by atoms with Crippen LogP contribution in [0.3, 0.4) is 0 Å². The minimum absolute atomic E-state index is 0.00803. The molecule has 0 heterocycles. The fraction of sp³-hybridized carbons (Fsp3) is 0.900. The Morgan fingerprint density at radius 1 is 1.50 bits per heavy atom. The standard InChI is InChI=1S/C10H18O2/c1-8(2)9(11)12-7-10(3)5-4-6-10/h8H,4-7H2,1-3H3. The minimum Gasteiger partial charge on any atom is -0.465 e. The zero-order chi connectivity index (χ0) is 9.19.